The van der Waals surface area contributed by atoms with Gasteiger partial charge in [0.1, 0.15) is 5.82 Å². The molecule has 2 nitrogen and oxygen atoms in total. The van der Waals surface area contributed by atoms with Crippen LogP contribution >= 0.6 is 11.3 Å². The molecular formula is C12H13FN2S. The summed E-state index contributed by atoms with van der Waals surface area (Å²) in [4.78, 5) is 4.59. The lowest BCUT2D eigenvalue weighted by Gasteiger charge is -2.20. The van der Waals surface area contributed by atoms with Crippen LogP contribution in [0.15, 0.2) is 18.2 Å². The molecule has 0 aliphatic carbocycles. The molecule has 0 spiro atoms. The Morgan fingerprint density at radius 1 is 1.44 bits per heavy atom. The second-order valence-corrected chi connectivity index (χ2v) is 5.27. The summed E-state index contributed by atoms with van der Waals surface area (Å²) in [5.41, 5.74) is 0.923. The van der Waals surface area contributed by atoms with Gasteiger partial charge in [-0.1, -0.05) is 0 Å². The summed E-state index contributed by atoms with van der Waals surface area (Å²) in [6.45, 7) is 2.11. The molecular weight excluding hydrogens is 223 g/mol. The molecule has 2 aromatic rings. The average molecular weight is 236 g/mol. The van der Waals surface area contributed by atoms with Gasteiger partial charge >= 0.3 is 0 Å². The summed E-state index contributed by atoms with van der Waals surface area (Å²) in [7, 11) is 0. The molecule has 2 heterocycles. The van der Waals surface area contributed by atoms with Gasteiger partial charge in [0.2, 0.25) is 0 Å². The fraction of sp³-hybridized carbons (Fsp3) is 0.417. The first-order valence-corrected chi connectivity index (χ1v) is 6.41. The van der Waals surface area contributed by atoms with E-state index < -0.39 is 0 Å². The molecule has 1 fully saturated rings. The molecule has 1 atom stereocenters. The van der Waals surface area contributed by atoms with Crippen LogP contribution in [0.25, 0.3) is 10.2 Å². The van der Waals surface area contributed by atoms with Crippen LogP contribution in [-0.2, 0) is 0 Å². The quantitative estimate of drug-likeness (QED) is 0.823. The standard InChI is InChI=1S/C12H13FN2S/c13-9-3-4-10-11(6-9)16-12(15-10)8-2-1-5-14-7-8/h3-4,6,8,14H,1-2,5,7H2. The van der Waals surface area contributed by atoms with E-state index in [4.69, 9.17) is 0 Å². The molecule has 1 aliphatic heterocycles. The van der Waals surface area contributed by atoms with Gasteiger partial charge in [0.15, 0.2) is 0 Å². The Kier molecular flexibility index (Phi) is 2.61. The van der Waals surface area contributed by atoms with Crippen molar-refractivity contribution in [3.05, 3.63) is 29.0 Å². The first-order valence-electron chi connectivity index (χ1n) is 5.59. The maximum Gasteiger partial charge on any atom is 0.124 e. The third-order valence-electron chi connectivity index (χ3n) is 3.01. The van der Waals surface area contributed by atoms with Crippen molar-refractivity contribution in [2.24, 2.45) is 0 Å². The Morgan fingerprint density at radius 3 is 3.19 bits per heavy atom. The number of nitrogens with one attached hydrogen (secondary N) is 1. The van der Waals surface area contributed by atoms with Crippen LogP contribution in [-0.4, -0.2) is 18.1 Å². The minimum absolute atomic E-state index is 0.176. The number of aromatic nitrogens is 1. The molecule has 0 radical (unpaired) electrons. The molecule has 1 aromatic heterocycles. The third-order valence-corrected chi connectivity index (χ3v) is 4.19. The van der Waals surface area contributed by atoms with Gasteiger partial charge in [-0.05, 0) is 37.6 Å². The van der Waals surface area contributed by atoms with Crippen LogP contribution in [0.4, 0.5) is 4.39 Å². The molecule has 0 saturated carbocycles. The van der Waals surface area contributed by atoms with E-state index in [1.165, 1.54) is 18.9 Å². The van der Waals surface area contributed by atoms with Crippen LogP contribution < -0.4 is 5.32 Å². The minimum Gasteiger partial charge on any atom is -0.316 e. The lowest BCUT2D eigenvalue weighted by molar-refractivity contribution is 0.461. The van der Waals surface area contributed by atoms with Crippen molar-refractivity contribution >= 4 is 21.6 Å². The van der Waals surface area contributed by atoms with Crippen LogP contribution in [0.3, 0.4) is 0 Å². The number of hydrogen-bond donors (Lipinski definition) is 1. The molecule has 1 unspecified atom stereocenters. The SMILES string of the molecule is Fc1ccc2nc(C3CCCNC3)sc2c1. The van der Waals surface area contributed by atoms with E-state index in [2.05, 4.69) is 10.3 Å². The van der Waals surface area contributed by atoms with Crippen LogP contribution in [0.1, 0.15) is 23.8 Å². The summed E-state index contributed by atoms with van der Waals surface area (Å²) in [5.74, 6) is 0.332. The molecule has 1 aliphatic rings. The number of hydrogen-bond acceptors (Lipinski definition) is 3. The molecule has 16 heavy (non-hydrogen) atoms. The summed E-state index contributed by atoms with van der Waals surface area (Å²) >= 11 is 1.63. The smallest absolute Gasteiger partial charge is 0.124 e. The van der Waals surface area contributed by atoms with Gasteiger partial charge in [-0.15, -0.1) is 11.3 Å². The number of halogens is 1. The monoisotopic (exact) mass is 236 g/mol. The van der Waals surface area contributed by atoms with Crippen molar-refractivity contribution in [1.29, 1.82) is 0 Å². The van der Waals surface area contributed by atoms with Crippen molar-refractivity contribution in [2.45, 2.75) is 18.8 Å². The average Bonchev–Trinajstić information content (AvgIpc) is 2.73. The largest absolute Gasteiger partial charge is 0.316 e. The summed E-state index contributed by atoms with van der Waals surface area (Å²) in [6.07, 6.45) is 2.39. The van der Waals surface area contributed by atoms with E-state index in [1.807, 2.05) is 0 Å². The minimum atomic E-state index is -0.176. The second kappa shape index (κ2) is 4.11. The van der Waals surface area contributed by atoms with E-state index in [1.54, 1.807) is 23.5 Å². The zero-order valence-corrected chi connectivity index (χ0v) is 9.69. The van der Waals surface area contributed by atoms with E-state index in [9.17, 15) is 4.39 Å². The van der Waals surface area contributed by atoms with E-state index in [0.29, 0.717) is 5.92 Å². The normalized spacial score (nSPS) is 21.4. The molecule has 0 amide bonds. The zero-order valence-electron chi connectivity index (χ0n) is 8.87. The molecule has 0 bridgehead atoms. The predicted molar refractivity (Wildman–Crippen MR) is 64.4 cm³/mol. The van der Waals surface area contributed by atoms with E-state index >= 15 is 0 Å². The van der Waals surface area contributed by atoms with Gasteiger partial charge in [0.05, 0.1) is 15.2 Å². The van der Waals surface area contributed by atoms with Gasteiger partial charge < -0.3 is 5.32 Å². The van der Waals surface area contributed by atoms with Crippen LogP contribution in [0, 0.1) is 5.82 Å². The van der Waals surface area contributed by atoms with Gasteiger partial charge in [0, 0.05) is 12.5 Å². The van der Waals surface area contributed by atoms with Crippen molar-refractivity contribution in [3.8, 4) is 0 Å². The summed E-state index contributed by atoms with van der Waals surface area (Å²) < 4.78 is 14.0. The summed E-state index contributed by atoms with van der Waals surface area (Å²) in [6, 6.07) is 4.82. The highest BCUT2D eigenvalue weighted by Gasteiger charge is 2.18. The van der Waals surface area contributed by atoms with E-state index in [-0.39, 0.29) is 5.82 Å². The Hall–Kier alpha value is -1.00. The molecule has 1 saturated heterocycles. The van der Waals surface area contributed by atoms with Gasteiger partial charge in [-0.2, -0.15) is 0 Å². The highest BCUT2D eigenvalue weighted by Crippen LogP contribution is 2.31. The number of rotatable bonds is 1. The van der Waals surface area contributed by atoms with Crippen LogP contribution in [0.5, 0.6) is 0 Å². The van der Waals surface area contributed by atoms with Crippen molar-refractivity contribution < 1.29 is 4.39 Å². The van der Waals surface area contributed by atoms with E-state index in [0.717, 1.165) is 28.3 Å². The number of thiazole rings is 1. The van der Waals surface area contributed by atoms with Crippen molar-refractivity contribution in [2.75, 3.05) is 13.1 Å². The Morgan fingerprint density at radius 2 is 2.38 bits per heavy atom. The molecule has 3 rings (SSSR count). The fourth-order valence-corrected chi connectivity index (χ4v) is 3.28. The lowest BCUT2D eigenvalue weighted by Crippen LogP contribution is -2.28. The molecule has 1 aromatic carbocycles. The first-order chi connectivity index (χ1) is 7.83. The van der Waals surface area contributed by atoms with Crippen molar-refractivity contribution in [1.82, 2.24) is 10.3 Å². The Bertz CT molecular complexity index is 503. The Labute approximate surface area is 97.5 Å². The Balaban J connectivity index is 1.97. The topological polar surface area (TPSA) is 24.9 Å². The predicted octanol–water partition coefficient (Wildman–Crippen LogP) is 2.90. The van der Waals surface area contributed by atoms with Crippen LogP contribution in [0.2, 0.25) is 0 Å². The van der Waals surface area contributed by atoms with Gasteiger partial charge in [-0.25, -0.2) is 9.37 Å². The van der Waals surface area contributed by atoms with Gasteiger partial charge in [-0.3, -0.25) is 0 Å². The molecule has 4 heteroatoms. The number of nitrogens with zero attached hydrogens (tertiary/aromatic N) is 1. The summed E-state index contributed by atoms with van der Waals surface area (Å²) in [5, 5.41) is 4.53. The maximum atomic E-state index is 13.1. The molecule has 1 N–H and O–H groups in total. The van der Waals surface area contributed by atoms with Gasteiger partial charge in [0.25, 0.3) is 0 Å². The fourth-order valence-electron chi connectivity index (χ4n) is 2.15. The highest BCUT2D eigenvalue weighted by atomic mass is 32.1. The lowest BCUT2D eigenvalue weighted by atomic mass is 10.0. The zero-order chi connectivity index (χ0) is 11.0. The first kappa shape index (κ1) is 10.2. The highest BCUT2D eigenvalue weighted by molar-refractivity contribution is 7.18. The third kappa shape index (κ3) is 1.83. The number of fused-ring (bicyclic) bond motifs is 1. The van der Waals surface area contributed by atoms with Crippen molar-refractivity contribution in [3.63, 3.8) is 0 Å². The molecule has 84 valence electrons. The number of piperidine rings is 1. The maximum absolute atomic E-state index is 13.1. The number of benzene rings is 1. The second-order valence-electron chi connectivity index (χ2n) is 4.21.